The average Bonchev–Trinajstić information content (AvgIpc) is 2.30. The molecule has 0 aliphatic carbocycles. The normalized spacial score (nSPS) is 12.7. The predicted octanol–water partition coefficient (Wildman–Crippen LogP) is 1.83. The van der Waals surface area contributed by atoms with Crippen LogP contribution in [0.15, 0.2) is 0 Å². The van der Waals surface area contributed by atoms with Crippen LogP contribution in [0.1, 0.15) is 47.5 Å². The lowest BCUT2D eigenvalue weighted by Gasteiger charge is -2.21. The van der Waals surface area contributed by atoms with Gasteiger partial charge in [0.15, 0.2) is 0 Å². The number of alkyl carbamates (subject to hydrolysis) is 1. The second-order valence-corrected chi connectivity index (χ2v) is 5.62. The fourth-order valence-electron chi connectivity index (χ4n) is 1.34. The maximum Gasteiger partial charge on any atom is 0.408 e. The number of carbonyl (C=O) groups is 2. The Morgan fingerprint density at radius 1 is 1.20 bits per heavy atom. The van der Waals surface area contributed by atoms with E-state index in [0.29, 0.717) is 13.2 Å². The van der Waals surface area contributed by atoms with Gasteiger partial charge < -0.3 is 20.1 Å². The Balaban J connectivity index is 3.78. The van der Waals surface area contributed by atoms with Gasteiger partial charge in [0.1, 0.15) is 11.6 Å². The van der Waals surface area contributed by atoms with Crippen LogP contribution >= 0.6 is 0 Å². The summed E-state index contributed by atoms with van der Waals surface area (Å²) in [5, 5.41) is 5.23. The first-order chi connectivity index (χ1) is 9.26. The molecule has 6 heteroatoms. The first kappa shape index (κ1) is 18.7. The second-order valence-electron chi connectivity index (χ2n) is 5.62. The summed E-state index contributed by atoms with van der Waals surface area (Å²) in [7, 11) is 0. The summed E-state index contributed by atoms with van der Waals surface area (Å²) >= 11 is 0. The molecular weight excluding hydrogens is 260 g/mol. The zero-order valence-electron chi connectivity index (χ0n) is 13.2. The van der Waals surface area contributed by atoms with Crippen molar-refractivity contribution in [3.63, 3.8) is 0 Å². The van der Waals surface area contributed by atoms with E-state index in [4.69, 9.17) is 9.47 Å². The van der Waals surface area contributed by atoms with Crippen molar-refractivity contribution in [2.24, 2.45) is 0 Å². The number of ether oxygens (including phenoxy) is 2. The highest BCUT2D eigenvalue weighted by Gasteiger charge is 2.20. The summed E-state index contributed by atoms with van der Waals surface area (Å²) in [5.74, 6) is -0.230. The molecule has 2 N–H and O–H groups in total. The number of hydrogen-bond acceptors (Lipinski definition) is 4. The van der Waals surface area contributed by atoms with Crippen molar-refractivity contribution in [2.45, 2.75) is 59.1 Å². The van der Waals surface area contributed by atoms with E-state index >= 15 is 0 Å². The minimum absolute atomic E-state index is 0.230. The number of rotatable bonds is 8. The van der Waals surface area contributed by atoms with Crippen LogP contribution in [-0.2, 0) is 14.3 Å². The van der Waals surface area contributed by atoms with Crippen LogP contribution in [0.5, 0.6) is 0 Å². The SMILES string of the molecule is CCCOCCCNC(=O)C(C)NC(=O)OC(C)(C)C. The van der Waals surface area contributed by atoms with E-state index in [1.54, 1.807) is 27.7 Å². The lowest BCUT2D eigenvalue weighted by Crippen LogP contribution is -2.46. The third-order valence-corrected chi connectivity index (χ3v) is 2.24. The van der Waals surface area contributed by atoms with Crippen LogP contribution < -0.4 is 10.6 Å². The molecule has 0 aromatic carbocycles. The molecular formula is C14H28N2O4. The van der Waals surface area contributed by atoms with E-state index in [1.807, 2.05) is 6.92 Å². The minimum Gasteiger partial charge on any atom is -0.444 e. The molecule has 0 rings (SSSR count). The van der Waals surface area contributed by atoms with Gasteiger partial charge in [0.2, 0.25) is 5.91 Å². The summed E-state index contributed by atoms with van der Waals surface area (Å²) in [6.07, 6.45) is 1.15. The lowest BCUT2D eigenvalue weighted by molar-refractivity contribution is -0.122. The van der Waals surface area contributed by atoms with Crippen molar-refractivity contribution in [2.75, 3.05) is 19.8 Å². The summed E-state index contributed by atoms with van der Waals surface area (Å²) in [6.45, 7) is 10.9. The van der Waals surface area contributed by atoms with Gasteiger partial charge in [-0.05, 0) is 40.5 Å². The van der Waals surface area contributed by atoms with Crippen LogP contribution in [0.25, 0.3) is 0 Å². The molecule has 0 aromatic heterocycles. The Hall–Kier alpha value is -1.30. The molecule has 0 bridgehead atoms. The van der Waals surface area contributed by atoms with Gasteiger partial charge >= 0.3 is 6.09 Å². The molecule has 6 nitrogen and oxygen atoms in total. The largest absolute Gasteiger partial charge is 0.444 e. The van der Waals surface area contributed by atoms with Crippen molar-refractivity contribution in [3.8, 4) is 0 Å². The standard InChI is InChI=1S/C14H28N2O4/c1-6-9-19-10-7-8-15-12(17)11(2)16-13(18)20-14(3,4)5/h11H,6-10H2,1-5H3,(H,15,17)(H,16,18). The molecule has 118 valence electrons. The Bertz CT molecular complexity index is 300. The van der Waals surface area contributed by atoms with Crippen molar-refractivity contribution < 1.29 is 19.1 Å². The first-order valence-corrected chi connectivity index (χ1v) is 7.11. The maximum atomic E-state index is 11.7. The van der Waals surface area contributed by atoms with Crippen molar-refractivity contribution >= 4 is 12.0 Å². The highest BCUT2D eigenvalue weighted by Crippen LogP contribution is 2.06. The molecule has 0 aliphatic rings. The zero-order valence-corrected chi connectivity index (χ0v) is 13.2. The highest BCUT2D eigenvalue weighted by molar-refractivity contribution is 5.85. The third-order valence-electron chi connectivity index (χ3n) is 2.24. The number of carbonyl (C=O) groups excluding carboxylic acids is 2. The summed E-state index contributed by atoms with van der Waals surface area (Å²) in [6, 6.07) is -0.624. The van der Waals surface area contributed by atoms with E-state index < -0.39 is 17.7 Å². The molecule has 0 saturated heterocycles. The molecule has 1 unspecified atom stereocenters. The molecule has 0 aromatic rings. The van der Waals surface area contributed by atoms with Gasteiger partial charge in [-0.3, -0.25) is 4.79 Å². The van der Waals surface area contributed by atoms with Gasteiger partial charge in [-0.1, -0.05) is 6.92 Å². The van der Waals surface area contributed by atoms with E-state index in [2.05, 4.69) is 10.6 Å². The van der Waals surface area contributed by atoms with Crippen LogP contribution in [0, 0.1) is 0 Å². The molecule has 0 fully saturated rings. The molecule has 1 atom stereocenters. The second kappa shape index (κ2) is 9.58. The van der Waals surface area contributed by atoms with Gasteiger partial charge in [0.25, 0.3) is 0 Å². The Morgan fingerprint density at radius 2 is 1.85 bits per heavy atom. The lowest BCUT2D eigenvalue weighted by atomic mass is 10.2. The van der Waals surface area contributed by atoms with Crippen molar-refractivity contribution in [1.82, 2.24) is 10.6 Å². The predicted molar refractivity (Wildman–Crippen MR) is 77.6 cm³/mol. The Labute approximate surface area is 121 Å². The van der Waals surface area contributed by atoms with Crippen molar-refractivity contribution in [1.29, 1.82) is 0 Å². The first-order valence-electron chi connectivity index (χ1n) is 7.11. The molecule has 0 saturated carbocycles. The van der Waals surface area contributed by atoms with Crippen LogP contribution in [0.3, 0.4) is 0 Å². The van der Waals surface area contributed by atoms with Gasteiger partial charge in [-0.2, -0.15) is 0 Å². The molecule has 0 radical (unpaired) electrons. The van der Waals surface area contributed by atoms with E-state index in [-0.39, 0.29) is 5.91 Å². The fraction of sp³-hybridized carbons (Fsp3) is 0.857. The topological polar surface area (TPSA) is 76.7 Å². The average molecular weight is 288 g/mol. The molecule has 0 heterocycles. The molecule has 0 spiro atoms. The molecule has 0 aliphatic heterocycles. The van der Waals surface area contributed by atoms with Gasteiger partial charge in [0.05, 0.1) is 0 Å². The summed E-state index contributed by atoms with van der Waals surface area (Å²) in [4.78, 5) is 23.2. The highest BCUT2D eigenvalue weighted by atomic mass is 16.6. The van der Waals surface area contributed by atoms with Crippen LogP contribution in [-0.4, -0.2) is 43.4 Å². The molecule has 2 amide bonds. The summed E-state index contributed by atoms with van der Waals surface area (Å²) < 4.78 is 10.4. The van der Waals surface area contributed by atoms with E-state index in [0.717, 1.165) is 19.4 Å². The smallest absolute Gasteiger partial charge is 0.408 e. The Morgan fingerprint density at radius 3 is 2.40 bits per heavy atom. The summed E-state index contributed by atoms with van der Waals surface area (Å²) in [5.41, 5.74) is -0.573. The fourth-order valence-corrected chi connectivity index (χ4v) is 1.34. The van der Waals surface area contributed by atoms with E-state index in [1.165, 1.54) is 0 Å². The van der Waals surface area contributed by atoms with Crippen LogP contribution in [0.4, 0.5) is 4.79 Å². The maximum absolute atomic E-state index is 11.7. The van der Waals surface area contributed by atoms with E-state index in [9.17, 15) is 9.59 Å². The third kappa shape index (κ3) is 10.6. The number of nitrogens with one attached hydrogen (secondary N) is 2. The van der Waals surface area contributed by atoms with Crippen molar-refractivity contribution in [3.05, 3.63) is 0 Å². The quantitative estimate of drug-likeness (QED) is 0.668. The minimum atomic E-state index is -0.624. The van der Waals surface area contributed by atoms with Gasteiger partial charge in [-0.25, -0.2) is 4.79 Å². The Kier molecular flexibility index (Phi) is 8.96. The monoisotopic (exact) mass is 288 g/mol. The van der Waals surface area contributed by atoms with Crippen LogP contribution in [0.2, 0.25) is 0 Å². The molecule has 20 heavy (non-hydrogen) atoms. The van der Waals surface area contributed by atoms with Gasteiger partial charge in [-0.15, -0.1) is 0 Å². The number of amides is 2. The number of hydrogen-bond donors (Lipinski definition) is 2. The zero-order chi connectivity index (χ0) is 15.6. The van der Waals surface area contributed by atoms with Gasteiger partial charge in [0, 0.05) is 19.8 Å².